The van der Waals surface area contributed by atoms with E-state index < -0.39 is 40.0 Å². The summed E-state index contributed by atoms with van der Waals surface area (Å²) in [7, 11) is 0.279. The maximum Gasteiger partial charge on any atom is 0.352 e. The molecule has 0 saturated carbocycles. The number of aryl methyl sites for hydroxylation is 2. The zero-order chi connectivity index (χ0) is 23.0. The normalized spacial score (nSPS) is 21.2. The summed E-state index contributed by atoms with van der Waals surface area (Å²) >= 11 is 4.12. The quantitative estimate of drug-likeness (QED) is 0.389. The van der Waals surface area contributed by atoms with E-state index in [0.717, 1.165) is 10.7 Å². The van der Waals surface area contributed by atoms with Gasteiger partial charge in [0.15, 0.2) is 0 Å². The van der Waals surface area contributed by atoms with Crippen LogP contribution in [0, 0.1) is 6.92 Å². The van der Waals surface area contributed by atoms with Gasteiger partial charge in [0, 0.05) is 18.6 Å². The first-order chi connectivity index (χ1) is 15.3. The first kappa shape index (κ1) is 23.0. The molecule has 2 aromatic heterocycles. The Bertz CT molecular complexity index is 1110. The number of carboxylic acids is 1. The summed E-state index contributed by atoms with van der Waals surface area (Å²) in [5, 5.41) is 22.4. The highest BCUT2D eigenvalue weighted by Crippen LogP contribution is 2.41. The number of rotatable bonds is 8. The Morgan fingerprint density at radius 2 is 2.22 bits per heavy atom. The molecule has 4 rings (SSSR count). The van der Waals surface area contributed by atoms with Crippen molar-refractivity contribution < 1.29 is 23.7 Å². The minimum Gasteiger partial charge on any atom is -0.477 e. The van der Waals surface area contributed by atoms with Crippen LogP contribution in [0.25, 0.3) is 0 Å². The van der Waals surface area contributed by atoms with Gasteiger partial charge in [-0.2, -0.15) is 0 Å². The number of carbonyl (C=O) groups is 3. The lowest BCUT2D eigenvalue weighted by atomic mass is 10.0. The Kier molecular flexibility index (Phi) is 6.74. The van der Waals surface area contributed by atoms with Crippen molar-refractivity contribution in [2.24, 2.45) is 7.05 Å². The molecule has 0 bridgehead atoms. The molecule has 0 spiro atoms. The summed E-state index contributed by atoms with van der Waals surface area (Å²) in [5.74, 6) is -1.61. The van der Waals surface area contributed by atoms with E-state index in [4.69, 9.17) is 0 Å². The summed E-state index contributed by atoms with van der Waals surface area (Å²) in [6, 6.07) is 2.61. The Labute approximate surface area is 198 Å². The molecule has 2 unspecified atom stereocenters. The lowest BCUT2D eigenvalue weighted by molar-refractivity contribution is -0.150. The number of hydrogen-bond donors (Lipinski definition) is 2. The van der Waals surface area contributed by atoms with Gasteiger partial charge in [0.1, 0.15) is 27.9 Å². The van der Waals surface area contributed by atoms with Gasteiger partial charge in [0.05, 0.1) is 20.7 Å². The van der Waals surface area contributed by atoms with Crippen LogP contribution in [0.3, 0.4) is 0 Å². The molecule has 1 saturated heterocycles. The first-order valence-electron chi connectivity index (χ1n) is 9.38. The number of thioether (sulfide) groups is 2. The van der Waals surface area contributed by atoms with Crippen molar-refractivity contribution in [1.82, 2.24) is 25.2 Å². The van der Waals surface area contributed by atoms with Crippen molar-refractivity contribution in [3.63, 3.8) is 0 Å². The predicted molar refractivity (Wildman–Crippen MR) is 122 cm³/mol. The van der Waals surface area contributed by atoms with Gasteiger partial charge in [0.2, 0.25) is 5.91 Å². The van der Waals surface area contributed by atoms with Crippen molar-refractivity contribution >= 4 is 63.4 Å². The molecule has 2 amide bonds. The number of thiophene rings is 1. The highest BCUT2D eigenvalue weighted by molar-refractivity contribution is 8.01. The van der Waals surface area contributed by atoms with E-state index in [1.165, 1.54) is 39.8 Å². The summed E-state index contributed by atoms with van der Waals surface area (Å²) < 4.78 is 14.4. The number of carbonyl (C=O) groups excluding carboxylic acids is 2. The van der Waals surface area contributed by atoms with Crippen molar-refractivity contribution in [3.05, 3.63) is 34.5 Å². The van der Waals surface area contributed by atoms with Crippen LogP contribution in [0.5, 0.6) is 0 Å². The lowest BCUT2D eigenvalue weighted by Gasteiger charge is -2.49. The number of amides is 2. The van der Waals surface area contributed by atoms with E-state index in [-0.39, 0.29) is 11.4 Å². The van der Waals surface area contributed by atoms with E-state index in [2.05, 4.69) is 15.6 Å². The standard InChI is InChI=1S/C18H19N5O5S4/c1-9-16(22(2)21-20-9)30-6-10-7-31-17-13(15(25)23(17)14(10)18(26)27)19-11(24)8-32(28)12-4-3-5-29-12/h3-5,13,17H,6-8H2,1-2H3,(H,19,24)(H,26,27)/t13?,17-,32?/m1/s1. The van der Waals surface area contributed by atoms with Gasteiger partial charge in [-0.05, 0) is 23.9 Å². The lowest BCUT2D eigenvalue weighted by Crippen LogP contribution is -2.70. The molecule has 0 radical (unpaired) electrons. The van der Waals surface area contributed by atoms with Crippen LogP contribution in [0.2, 0.25) is 0 Å². The zero-order valence-corrected chi connectivity index (χ0v) is 20.3. The Balaban J connectivity index is 1.43. The third-order valence-corrected chi connectivity index (χ3v) is 10.1. The molecule has 0 aliphatic carbocycles. The predicted octanol–water partition coefficient (Wildman–Crippen LogP) is 0.824. The smallest absolute Gasteiger partial charge is 0.352 e. The van der Waals surface area contributed by atoms with Crippen molar-refractivity contribution in [1.29, 1.82) is 0 Å². The fourth-order valence-electron chi connectivity index (χ4n) is 3.40. The third kappa shape index (κ3) is 4.36. The first-order valence-corrected chi connectivity index (χ1v) is 13.6. The maximum absolute atomic E-state index is 12.7. The average molecular weight is 514 g/mol. The molecule has 2 N–H and O–H groups in total. The monoisotopic (exact) mass is 513 g/mol. The molecule has 14 heteroatoms. The number of β-lactam (4-membered cyclic amide) rings is 1. The van der Waals surface area contributed by atoms with Crippen LogP contribution in [-0.2, 0) is 32.2 Å². The number of aliphatic carboxylic acids is 1. The van der Waals surface area contributed by atoms with Crippen LogP contribution >= 0.6 is 34.9 Å². The number of hydrogen-bond acceptors (Lipinski definition) is 9. The number of nitrogens with one attached hydrogen (secondary N) is 1. The third-order valence-electron chi connectivity index (χ3n) is 4.86. The topological polar surface area (TPSA) is 134 Å². The minimum absolute atomic E-state index is 0.0355. The van der Waals surface area contributed by atoms with Gasteiger partial charge in [0.25, 0.3) is 5.91 Å². The fraction of sp³-hybridized carbons (Fsp3) is 0.389. The molecule has 2 aliphatic heterocycles. The Hall–Kier alpha value is -2.16. The van der Waals surface area contributed by atoms with Gasteiger partial charge < -0.3 is 10.4 Å². The summed E-state index contributed by atoms with van der Waals surface area (Å²) in [4.78, 5) is 38.3. The van der Waals surface area contributed by atoms with Crippen LogP contribution in [0.15, 0.2) is 38.0 Å². The second-order valence-corrected chi connectivity index (χ2v) is 11.7. The summed E-state index contributed by atoms with van der Waals surface area (Å²) in [6.07, 6.45) is 0. The number of carboxylic acid groups (broad SMARTS) is 1. The number of fused-ring (bicyclic) bond motifs is 1. The van der Waals surface area contributed by atoms with Crippen LogP contribution in [0.4, 0.5) is 0 Å². The molecular formula is C18H19N5O5S4. The molecule has 3 atom stereocenters. The van der Waals surface area contributed by atoms with Crippen LogP contribution in [-0.4, -0.2) is 75.7 Å². The maximum atomic E-state index is 12.7. The second-order valence-electron chi connectivity index (χ2n) is 7.03. The van der Waals surface area contributed by atoms with Gasteiger partial charge >= 0.3 is 5.97 Å². The molecular weight excluding hydrogens is 494 g/mol. The molecule has 4 heterocycles. The Morgan fingerprint density at radius 1 is 1.44 bits per heavy atom. The van der Waals surface area contributed by atoms with E-state index in [1.54, 1.807) is 29.2 Å². The van der Waals surface area contributed by atoms with Gasteiger partial charge in [-0.3, -0.25) is 18.7 Å². The SMILES string of the molecule is Cc1nnn(C)c1SCC1=C(C(=O)O)N2C(=O)C(NC(=O)CS(=O)c3cccs3)[C@H]2SC1. The number of aromatic nitrogens is 3. The Morgan fingerprint density at radius 3 is 2.84 bits per heavy atom. The molecule has 170 valence electrons. The van der Waals surface area contributed by atoms with E-state index >= 15 is 0 Å². The largest absolute Gasteiger partial charge is 0.477 e. The van der Waals surface area contributed by atoms with Gasteiger partial charge in [-0.15, -0.1) is 40.0 Å². The van der Waals surface area contributed by atoms with E-state index in [0.29, 0.717) is 21.3 Å². The van der Waals surface area contributed by atoms with Gasteiger partial charge in [-0.25, -0.2) is 9.48 Å². The average Bonchev–Trinajstić information content (AvgIpc) is 3.40. The molecule has 10 nitrogen and oxygen atoms in total. The fourth-order valence-corrected chi connectivity index (χ4v) is 7.81. The summed E-state index contributed by atoms with van der Waals surface area (Å²) in [5.41, 5.74) is 1.34. The molecule has 1 fully saturated rings. The molecule has 2 aromatic rings. The summed E-state index contributed by atoms with van der Waals surface area (Å²) in [6.45, 7) is 1.82. The van der Waals surface area contributed by atoms with Crippen molar-refractivity contribution in [3.8, 4) is 0 Å². The minimum atomic E-state index is -1.48. The highest BCUT2D eigenvalue weighted by atomic mass is 32.2. The van der Waals surface area contributed by atoms with Crippen LogP contribution in [0.1, 0.15) is 5.69 Å². The van der Waals surface area contributed by atoms with E-state index in [9.17, 15) is 23.7 Å². The second kappa shape index (κ2) is 9.37. The molecule has 0 aromatic carbocycles. The van der Waals surface area contributed by atoms with Crippen LogP contribution < -0.4 is 5.32 Å². The van der Waals surface area contributed by atoms with Crippen molar-refractivity contribution in [2.75, 3.05) is 17.3 Å². The molecule has 32 heavy (non-hydrogen) atoms. The zero-order valence-electron chi connectivity index (χ0n) is 17.0. The highest BCUT2D eigenvalue weighted by Gasteiger charge is 2.54. The van der Waals surface area contributed by atoms with Crippen molar-refractivity contribution in [2.45, 2.75) is 27.6 Å². The van der Waals surface area contributed by atoms with Gasteiger partial charge in [-0.1, -0.05) is 11.3 Å². The van der Waals surface area contributed by atoms with E-state index in [1.807, 2.05) is 6.92 Å². The molecule has 2 aliphatic rings. The number of nitrogens with zero attached hydrogens (tertiary/aromatic N) is 4.